The van der Waals surface area contributed by atoms with Crippen molar-refractivity contribution in [2.45, 2.75) is 38.5 Å². The van der Waals surface area contributed by atoms with Gasteiger partial charge in [-0.15, -0.1) is 6.42 Å². The molecule has 1 rings (SSSR count). The second-order valence-electron chi connectivity index (χ2n) is 5.22. The topological polar surface area (TPSA) is 69.6 Å². The Balaban J connectivity index is 2.62. The standard InChI is InChI=1S/C14H22N2O3/c1-3-10-16(2)13(19)15-11-14(12(17)18)8-6-4-5-7-9-14/h1H,4-11H2,2H3,(H,15,19)(H,17,18). The number of carbonyl (C=O) groups excluding carboxylic acids is 1. The van der Waals surface area contributed by atoms with E-state index in [4.69, 9.17) is 6.42 Å². The fourth-order valence-electron chi connectivity index (χ4n) is 2.46. The van der Waals surface area contributed by atoms with Crippen LogP contribution in [-0.2, 0) is 4.79 Å². The highest BCUT2D eigenvalue weighted by Gasteiger charge is 2.39. The lowest BCUT2D eigenvalue weighted by molar-refractivity contribution is -0.149. The minimum Gasteiger partial charge on any atom is -0.481 e. The number of carboxylic acids is 1. The summed E-state index contributed by atoms with van der Waals surface area (Å²) in [5.41, 5.74) is -0.816. The highest BCUT2D eigenvalue weighted by Crippen LogP contribution is 2.34. The molecule has 0 spiro atoms. The monoisotopic (exact) mass is 266 g/mol. The van der Waals surface area contributed by atoms with Gasteiger partial charge in [-0.2, -0.15) is 0 Å². The Labute approximate surface area is 114 Å². The molecule has 0 aromatic heterocycles. The number of carboxylic acid groups (broad SMARTS) is 1. The van der Waals surface area contributed by atoms with Crippen molar-refractivity contribution in [2.24, 2.45) is 5.41 Å². The molecule has 5 nitrogen and oxygen atoms in total. The quantitative estimate of drug-likeness (QED) is 0.601. The number of nitrogens with zero attached hydrogens (tertiary/aromatic N) is 1. The molecule has 1 saturated carbocycles. The van der Waals surface area contributed by atoms with Crippen LogP contribution in [0.5, 0.6) is 0 Å². The first kappa shape index (κ1) is 15.4. The van der Waals surface area contributed by atoms with E-state index in [1.54, 1.807) is 7.05 Å². The fraction of sp³-hybridized carbons (Fsp3) is 0.714. The van der Waals surface area contributed by atoms with Crippen LogP contribution in [0.1, 0.15) is 38.5 Å². The molecule has 0 radical (unpaired) electrons. The Morgan fingerprint density at radius 2 is 1.89 bits per heavy atom. The first-order valence-corrected chi connectivity index (χ1v) is 6.68. The number of amides is 2. The molecule has 0 heterocycles. The van der Waals surface area contributed by atoms with E-state index in [9.17, 15) is 14.7 Å². The third-order valence-corrected chi connectivity index (χ3v) is 3.77. The van der Waals surface area contributed by atoms with E-state index < -0.39 is 11.4 Å². The Morgan fingerprint density at radius 1 is 1.32 bits per heavy atom. The van der Waals surface area contributed by atoms with Crippen molar-refractivity contribution in [1.29, 1.82) is 0 Å². The molecule has 19 heavy (non-hydrogen) atoms. The SMILES string of the molecule is C#CCN(C)C(=O)NCC1(C(=O)O)CCCCCC1. The van der Waals surface area contributed by atoms with E-state index >= 15 is 0 Å². The average Bonchev–Trinajstić information content (AvgIpc) is 2.62. The van der Waals surface area contributed by atoms with Crippen LogP contribution in [0.3, 0.4) is 0 Å². The van der Waals surface area contributed by atoms with Crippen LogP contribution in [0.4, 0.5) is 4.79 Å². The smallest absolute Gasteiger partial charge is 0.317 e. The molecule has 1 aliphatic rings. The minimum absolute atomic E-state index is 0.177. The summed E-state index contributed by atoms with van der Waals surface area (Å²) in [5, 5.41) is 12.2. The number of nitrogens with one attached hydrogen (secondary N) is 1. The number of aliphatic carboxylic acids is 1. The zero-order chi connectivity index (χ0) is 14.3. The molecule has 0 aromatic rings. The van der Waals surface area contributed by atoms with E-state index in [1.807, 2.05) is 0 Å². The van der Waals surface area contributed by atoms with Gasteiger partial charge in [-0.05, 0) is 12.8 Å². The zero-order valence-corrected chi connectivity index (χ0v) is 11.4. The largest absolute Gasteiger partial charge is 0.481 e. The number of carbonyl (C=O) groups is 2. The van der Waals surface area contributed by atoms with Gasteiger partial charge in [-0.1, -0.05) is 31.6 Å². The summed E-state index contributed by atoms with van der Waals surface area (Å²) < 4.78 is 0. The predicted molar refractivity (Wildman–Crippen MR) is 72.6 cm³/mol. The molecule has 2 N–H and O–H groups in total. The molecule has 1 fully saturated rings. The highest BCUT2D eigenvalue weighted by atomic mass is 16.4. The van der Waals surface area contributed by atoms with Crippen molar-refractivity contribution >= 4 is 12.0 Å². The summed E-state index contributed by atoms with van der Waals surface area (Å²) in [5.74, 6) is 1.57. The van der Waals surface area contributed by atoms with Gasteiger partial charge in [0.2, 0.25) is 0 Å². The van der Waals surface area contributed by atoms with Crippen molar-refractivity contribution in [3.05, 3.63) is 0 Å². The van der Waals surface area contributed by atoms with Gasteiger partial charge in [0.15, 0.2) is 0 Å². The molecule has 0 aliphatic heterocycles. The van der Waals surface area contributed by atoms with Gasteiger partial charge < -0.3 is 15.3 Å². The van der Waals surface area contributed by atoms with Crippen LogP contribution in [-0.4, -0.2) is 42.1 Å². The van der Waals surface area contributed by atoms with Crippen LogP contribution in [0.15, 0.2) is 0 Å². The van der Waals surface area contributed by atoms with Gasteiger partial charge in [-0.3, -0.25) is 4.79 Å². The molecule has 0 bridgehead atoms. The Hall–Kier alpha value is -1.70. The number of urea groups is 1. The van der Waals surface area contributed by atoms with Gasteiger partial charge >= 0.3 is 12.0 Å². The molecule has 0 unspecified atom stereocenters. The maximum atomic E-state index is 11.8. The maximum Gasteiger partial charge on any atom is 0.317 e. The van der Waals surface area contributed by atoms with E-state index in [-0.39, 0.29) is 19.1 Å². The lowest BCUT2D eigenvalue weighted by atomic mass is 9.80. The third kappa shape index (κ3) is 4.16. The van der Waals surface area contributed by atoms with Crippen molar-refractivity contribution in [3.8, 4) is 12.3 Å². The Morgan fingerprint density at radius 3 is 2.37 bits per heavy atom. The van der Waals surface area contributed by atoms with Crippen molar-refractivity contribution in [3.63, 3.8) is 0 Å². The summed E-state index contributed by atoms with van der Waals surface area (Å²) in [7, 11) is 1.59. The van der Waals surface area contributed by atoms with Crippen LogP contribution in [0, 0.1) is 17.8 Å². The molecule has 106 valence electrons. The molecule has 0 atom stereocenters. The Bertz CT molecular complexity index is 365. The van der Waals surface area contributed by atoms with Gasteiger partial charge in [-0.25, -0.2) is 4.79 Å². The average molecular weight is 266 g/mol. The van der Waals surface area contributed by atoms with Crippen molar-refractivity contribution in [1.82, 2.24) is 10.2 Å². The Kier molecular flexibility index (Phi) is 5.68. The lowest BCUT2D eigenvalue weighted by Crippen LogP contribution is -2.46. The normalized spacial score (nSPS) is 17.9. The van der Waals surface area contributed by atoms with Gasteiger partial charge in [0.25, 0.3) is 0 Å². The molecule has 0 saturated heterocycles. The van der Waals surface area contributed by atoms with Crippen LogP contribution < -0.4 is 5.32 Å². The van der Waals surface area contributed by atoms with E-state index in [1.165, 1.54) is 4.90 Å². The van der Waals surface area contributed by atoms with E-state index in [2.05, 4.69) is 11.2 Å². The molecular weight excluding hydrogens is 244 g/mol. The van der Waals surface area contributed by atoms with Crippen molar-refractivity contribution < 1.29 is 14.7 Å². The predicted octanol–water partition coefficient (Wildman–Crippen LogP) is 1.69. The van der Waals surface area contributed by atoms with Gasteiger partial charge in [0.05, 0.1) is 12.0 Å². The molecule has 1 aliphatic carbocycles. The molecular formula is C14H22N2O3. The van der Waals surface area contributed by atoms with E-state index in [0.717, 1.165) is 25.7 Å². The number of terminal acetylenes is 1. The molecule has 0 aromatic carbocycles. The van der Waals surface area contributed by atoms with Gasteiger partial charge in [0.1, 0.15) is 0 Å². The second kappa shape index (κ2) is 7.03. The van der Waals surface area contributed by atoms with Crippen LogP contribution in [0.25, 0.3) is 0 Å². The van der Waals surface area contributed by atoms with Crippen LogP contribution in [0.2, 0.25) is 0 Å². The summed E-state index contributed by atoms with van der Waals surface area (Å²) in [6.07, 6.45) is 10.3. The van der Waals surface area contributed by atoms with Gasteiger partial charge in [0, 0.05) is 13.6 Å². The first-order chi connectivity index (χ1) is 9.02. The summed E-state index contributed by atoms with van der Waals surface area (Å²) in [4.78, 5) is 24.7. The summed E-state index contributed by atoms with van der Waals surface area (Å²) in [6.45, 7) is 0.391. The summed E-state index contributed by atoms with van der Waals surface area (Å²) >= 11 is 0. The molecule has 5 heteroatoms. The summed E-state index contributed by atoms with van der Waals surface area (Å²) in [6, 6.07) is -0.317. The number of rotatable bonds is 4. The lowest BCUT2D eigenvalue weighted by Gasteiger charge is -2.29. The highest BCUT2D eigenvalue weighted by molar-refractivity contribution is 5.78. The number of hydrogen-bond donors (Lipinski definition) is 2. The van der Waals surface area contributed by atoms with Crippen LogP contribution >= 0.6 is 0 Å². The second-order valence-corrected chi connectivity index (χ2v) is 5.22. The van der Waals surface area contributed by atoms with E-state index in [0.29, 0.717) is 12.8 Å². The maximum absolute atomic E-state index is 11.8. The third-order valence-electron chi connectivity index (χ3n) is 3.77. The minimum atomic E-state index is -0.816. The zero-order valence-electron chi connectivity index (χ0n) is 11.4. The molecule has 2 amide bonds. The first-order valence-electron chi connectivity index (χ1n) is 6.68. The number of hydrogen-bond acceptors (Lipinski definition) is 2. The fourth-order valence-corrected chi connectivity index (χ4v) is 2.46. The van der Waals surface area contributed by atoms with Crippen molar-refractivity contribution in [2.75, 3.05) is 20.1 Å².